The van der Waals surface area contributed by atoms with Crippen molar-refractivity contribution in [1.29, 1.82) is 0 Å². The Morgan fingerprint density at radius 3 is 2.52 bits per heavy atom. The summed E-state index contributed by atoms with van der Waals surface area (Å²) in [4.78, 5) is 45.7. The predicted octanol–water partition coefficient (Wildman–Crippen LogP) is 2.87. The number of anilines is 1. The second-order valence-corrected chi connectivity index (χ2v) is 9.81. The van der Waals surface area contributed by atoms with Crippen LogP contribution >= 0.6 is 11.3 Å². The molecule has 1 N–H and O–H groups in total. The number of rotatable bonds is 8. The third kappa shape index (κ3) is 5.05. The highest BCUT2D eigenvalue weighted by molar-refractivity contribution is 7.10. The number of carbonyl (C=O) groups is 3. The highest BCUT2D eigenvalue weighted by Gasteiger charge is 2.54. The fraction of sp³-hybridized carbons (Fsp3) is 0.480. The third-order valence-corrected chi connectivity index (χ3v) is 7.49. The minimum absolute atomic E-state index is 0.0117. The Labute approximate surface area is 199 Å². The fourth-order valence-corrected chi connectivity index (χ4v) is 5.45. The Morgan fingerprint density at radius 2 is 1.85 bits per heavy atom. The molecule has 2 fully saturated rings. The van der Waals surface area contributed by atoms with E-state index in [0.717, 1.165) is 23.4 Å². The Balaban J connectivity index is 1.47. The number of hydrogen-bond donors (Lipinski definition) is 1. The molecule has 0 atom stereocenters. The van der Waals surface area contributed by atoms with Crippen LogP contribution in [0.1, 0.15) is 37.5 Å². The van der Waals surface area contributed by atoms with Crippen molar-refractivity contribution in [2.75, 3.05) is 37.7 Å². The predicted molar refractivity (Wildman–Crippen MR) is 130 cm³/mol. The van der Waals surface area contributed by atoms with Crippen molar-refractivity contribution in [2.24, 2.45) is 0 Å². The molecule has 33 heavy (non-hydrogen) atoms. The van der Waals surface area contributed by atoms with E-state index >= 15 is 0 Å². The molecule has 0 aliphatic carbocycles. The molecule has 7 nitrogen and oxygen atoms in total. The van der Waals surface area contributed by atoms with E-state index < -0.39 is 5.54 Å². The van der Waals surface area contributed by atoms with Gasteiger partial charge in [-0.3, -0.25) is 14.4 Å². The molecule has 0 bridgehead atoms. The average Bonchev–Trinajstić information content (AvgIpc) is 3.43. The van der Waals surface area contributed by atoms with Gasteiger partial charge in [0, 0.05) is 30.2 Å². The lowest BCUT2D eigenvalue weighted by atomic mass is 9.85. The van der Waals surface area contributed by atoms with Gasteiger partial charge in [-0.15, -0.1) is 11.3 Å². The van der Waals surface area contributed by atoms with E-state index in [1.807, 2.05) is 52.7 Å². The first kappa shape index (κ1) is 23.3. The molecular formula is C25H32N4O3S. The summed E-state index contributed by atoms with van der Waals surface area (Å²) in [7, 11) is 0. The van der Waals surface area contributed by atoms with Gasteiger partial charge in [-0.2, -0.15) is 0 Å². The number of unbranched alkanes of at least 4 members (excludes halogenated alkanes) is 1. The lowest BCUT2D eigenvalue weighted by Crippen LogP contribution is -2.57. The maximum absolute atomic E-state index is 13.7. The molecule has 2 aliphatic rings. The van der Waals surface area contributed by atoms with Crippen LogP contribution in [0, 0.1) is 0 Å². The molecule has 0 unspecified atom stereocenters. The van der Waals surface area contributed by atoms with Crippen LogP contribution in [0.4, 0.5) is 5.69 Å². The second-order valence-electron chi connectivity index (χ2n) is 8.78. The Bertz CT molecular complexity index is 955. The molecule has 1 aromatic heterocycles. The van der Waals surface area contributed by atoms with Crippen LogP contribution in [0.25, 0.3) is 0 Å². The van der Waals surface area contributed by atoms with Gasteiger partial charge in [0.1, 0.15) is 12.1 Å². The second kappa shape index (κ2) is 10.4. The molecule has 3 amide bonds. The number of likely N-dealkylation sites (tertiary alicyclic amines) is 1. The summed E-state index contributed by atoms with van der Waals surface area (Å²) in [6.07, 6.45) is 3.46. The van der Waals surface area contributed by atoms with Crippen LogP contribution in [-0.4, -0.2) is 65.9 Å². The first-order chi connectivity index (χ1) is 16.0. The molecule has 0 radical (unpaired) electrons. The third-order valence-electron chi connectivity index (χ3n) is 6.62. The number of carbonyl (C=O) groups excluding carboxylic acids is 3. The quantitative estimate of drug-likeness (QED) is 0.605. The number of hydrogen-bond acceptors (Lipinski definition) is 5. The molecular weight excluding hydrogens is 436 g/mol. The lowest BCUT2D eigenvalue weighted by molar-refractivity contribution is -0.139. The van der Waals surface area contributed by atoms with Crippen molar-refractivity contribution < 1.29 is 14.4 Å². The van der Waals surface area contributed by atoms with Gasteiger partial charge >= 0.3 is 0 Å². The monoisotopic (exact) mass is 468 g/mol. The van der Waals surface area contributed by atoms with E-state index in [2.05, 4.69) is 17.1 Å². The van der Waals surface area contributed by atoms with Crippen LogP contribution in [0.2, 0.25) is 0 Å². The maximum atomic E-state index is 13.7. The number of thiophene rings is 1. The average molecular weight is 469 g/mol. The highest BCUT2D eigenvalue weighted by Crippen LogP contribution is 2.39. The van der Waals surface area contributed by atoms with Crippen LogP contribution < -0.4 is 10.2 Å². The Hall–Kier alpha value is -2.87. The highest BCUT2D eigenvalue weighted by atomic mass is 32.1. The van der Waals surface area contributed by atoms with Crippen LogP contribution in [0.3, 0.4) is 0 Å². The fourth-order valence-electron chi connectivity index (χ4n) is 4.76. The van der Waals surface area contributed by atoms with Crippen molar-refractivity contribution in [2.45, 2.75) is 44.6 Å². The molecule has 1 spiro atoms. The van der Waals surface area contributed by atoms with Crippen molar-refractivity contribution in [1.82, 2.24) is 15.1 Å². The number of nitrogens with zero attached hydrogens (tertiary/aromatic N) is 3. The zero-order chi connectivity index (χ0) is 23.3. The first-order valence-electron chi connectivity index (χ1n) is 11.7. The van der Waals surface area contributed by atoms with Crippen LogP contribution in [-0.2, 0) is 20.8 Å². The molecule has 2 saturated heterocycles. The summed E-state index contributed by atoms with van der Waals surface area (Å²) in [6, 6.07) is 13.8. The van der Waals surface area contributed by atoms with Gasteiger partial charge in [0.2, 0.25) is 11.8 Å². The van der Waals surface area contributed by atoms with E-state index in [9.17, 15) is 14.4 Å². The first-order valence-corrected chi connectivity index (χ1v) is 12.6. The standard InChI is InChI=1S/C25H32N4O3S/c1-2-3-13-26-22(30)18-28-19-29(20-8-5-4-6-9-20)25(24(28)32)11-14-27(15-12-25)23(31)17-21-10-7-16-33-21/h4-10,16H,2-3,11-15,17-19H2,1H3,(H,26,30). The lowest BCUT2D eigenvalue weighted by Gasteiger charge is -2.43. The maximum Gasteiger partial charge on any atom is 0.250 e. The topological polar surface area (TPSA) is 73.0 Å². The molecule has 2 aromatic rings. The molecule has 3 heterocycles. The summed E-state index contributed by atoms with van der Waals surface area (Å²) in [5.74, 6) is -0.0241. The molecule has 1 aromatic carbocycles. The molecule has 4 rings (SSSR count). The minimum atomic E-state index is -0.717. The summed E-state index contributed by atoms with van der Waals surface area (Å²) in [5, 5.41) is 4.90. The van der Waals surface area contributed by atoms with Gasteiger partial charge in [-0.1, -0.05) is 37.6 Å². The van der Waals surface area contributed by atoms with E-state index in [1.54, 1.807) is 16.2 Å². The van der Waals surface area contributed by atoms with E-state index in [1.165, 1.54) is 0 Å². The van der Waals surface area contributed by atoms with Gasteiger partial charge < -0.3 is 20.0 Å². The van der Waals surface area contributed by atoms with Gasteiger partial charge in [0.25, 0.3) is 5.91 Å². The zero-order valence-corrected chi connectivity index (χ0v) is 20.0. The van der Waals surface area contributed by atoms with Crippen molar-refractivity contribution >= 4 is 34.7 Å². The number of para-hydroxylation sites is 1. The molecule has 176 valence electrons. The SMILES string of the molecule is CCCCNC(=O)CN1CN(c2ccccc2)C2(CCN(C(=O)Cc3cccs3)CC2)C1=O. The van der Waals surface area contributed by atoms with Gasteiger partial charge in [0.05, 0.1) is 13.1 Å². The zero-order valence-electron chi connectivity index (χ0n) is 19.2. The summed E-state index contributed by atoms with van der Waals surface area (Å²) >= 11 is 1.59. The minimum Gasteiger partial charge on any atom is -0.355 e. The van der Waals surface area contributed by atoms with E-state index in [4.69, 9.17) is 0 Å². The van der Waals surface area contributed by atoms with E-state index in [0.29, 0.717) is 45.6 Å². The van der Waals surface area contributed by atoms with E-state index in [-0.39, 0.29) is 24.3 Å². The number of nitrogens with one attached hydrogen (secondary N) is 1. The molecule has 8 heteroatoms. The van der Waals surface area contributed by atoms with Gasteiger partial charge in [0.15, 0.2) is 0 Å². The number of piperidine rings is 1. The molecule has 2 aliphatic heterocycles. The van der Waals surface area contributed by atoms with Crippen molar-refractivity contribution in [3.05, 3.63) is 52.7 Å². The van der Waals surface area contributed by atoms with Crippen molar-refractivity contribution in [3.63, 3.8) is 0 Å². The number of amides is 3. The Kier molecular flexibility index (Phi) is 7.33. The normalized spacial score (nSPS) is 17.6. The van der Waals surface area contributed by atoms with Gasteiger partial charge in [-0.05, 0) is 42.8 Å². The number of benzene rings is 1. The van der Waals surface area contributed by atoms with Crippen LogP contribution in [0.15, 0.2) is 47.8 Å². The van der Waals surface area contributed by atoms with Crippen molar-refractivity contribution in [3.8, 4) is 0 Å². The smallest absolute Gasteiger partial charge is 0.250 e. The van der Waals surface area contributed by atoms with Crippen LogP contribution in [0.5, 0.6) is 0 Å². The molecule has 0 saturated carbocycles. The largest absolute Gasteiger partial charge is 0.355 e. The van der Waals surface area contributed by atoms with Gasteiger partial charge in [-0.25, -0.2) is 0 Å². The summed E-state index contributed by atoms with van der Waals surface area (Å²) in [6.45, 7) is 4.23. The summed E-state index contributed by atoms with van der Waals surface area (Å²) < 4.78 is 0. The Morgan fingerprint density at radius 1 is 1.09 bits per heavy atom. The summed E-state index contributed by atoms with van der Waals surface area (Å²) in [5.41, 5.74) is 0.253.